The Labute approximate surface area is 197 Å². The zero-order valence-corrected chi connectivity index (χ0v) is 18.8. The van der Waals surface area contributed by atoms with Gasteiger partial charge in [0.15, 0.2) is 5.78 Å². The van der Waals surface area contributed by atoms with E-state index in [9.17, 15) is 19.7 Å². The van der Waals surface area contributed by atoms with Crippen molar-refractivity contribution in [1.29, 1.82) is 0 Å². The summed E-state index contributed by atoms with van der Waals surface area (Å²) in [5, 5.41) is 11.0. The summed E-state index contributed by atoms with van der Waals surface area (Å²) in [6.07, 6.45) is 0.0656. The number of non-ortho nitro benzene ring substituents is 1. The first kappa shape index (κ1) is 21.8. The van der Waals surface area contributed by atoms with E-state index in [1.807, 2.05) is 74.5 Å². The summed E-state index contributed by atoms with van der Waals surface area (Å²) in [4.78, 5) is 37.2. The molecule has 1 saturated carbocycles. The Kier molecular flexibility index (Phi) is 4.97. The van der Waals surface area contributed by atoms with Gasteiger partial charge < -0.3 is 9.53 Å². The fourth-order valence-corrected chi connectivity index (χ4v) is 5.83. The molecule has 3 aromatic carbocycles. The quantitative estimate of drug-likeness (QED) is 0.284. The van der Waals surface area contributed by atoms with E-state index in [2.05, 4.69) is 0 Å². The van der Waals surface area contributed by atoms with Gasteiger partial charge in [-0.25, -0.2) is 0 Å². The summed E-state index contributed by atoms with van der Waals surface area (Å²) < 4.78 is 6.31. The van der Waals surface area contributed by atoms with E-state index in [-0.39, 0.29) is 11.5 Å². The topological polar surface area (TPSA) is 86.5 Å². The number of ether oxygens (including phenoxy) is 1. The average molecular weight is 453 g/mol. The van der Waals surface area contributed by atoms with Crippen LogP contribution in [0, 0.1) is 26.9 Å². The summed E-state index contributed by atoms with van der Waals surface area (Å²) in [6, 6.07) is 25.1. The summed E-state index contributed by atoms with van der Waals surface area (Å²) in [7, 11) is 0. The number of hydrogen-bond donors (Lipinski definition) is 0. The second kappa shape index (κ2) is 7.76. The monoisotopic (exact) mass is 453 g/mol. The molecule has 0 aliphatic heterocycles. The van der Waals surface area contributed by atoms with E-state index in [1.165, 1.54) is 24.3 Å². The largest absolute Gasteiger partial charge is 0.488 e. The van der Waals surface area contributed by atoms with Crippen LogP contribution in [0.25, 0.3) is 11.1 Å². The van der Waals surface area contributed by atoms with Gasteiger partial charge in [-0.2, -0.15) is 0 Å². The number of Topliss-reactive ketones (excluding diaryl/α,β-unsaturated/α-hetero) is 1. The second-order valence-corrected chi connectivity index (χ2v) is 9.17. The summed E-state index contributed by atoms with van der Waals surface area (Å²) in [6.45, 7) is 3.69. The van der Waals surface area contributed by atoms with E-state index < -0.39 is 27.8 Å². The van der Waals surface area contributed by atoms with Crippen molar-refractivity contribution in [3.05, 3.63) is 106 Å². The Morgan fingerprint density at radius 2 is 1.32 bits per heavy atom. The third kappa shape index (κ3) is 2.88. The third-order valence-corrected chi connectivity index (χ3v) is 7.38. The maximum Gasteiger partial charge on any atom is 0.269 e. The van der Waals surface area contributed by atoms with Crippen LogP contribution in [0.1, 0.15) is 25.0 Å². The van der Waals surface area contributed by atoms with Crippen molar-refractivity contribution in [3.63, 3.8) is 0 Å². The van der Waals surface area contributed by atoms with Crippen molar-refractivity contribution in [2.45, 2.75) is 20.0 Å². The molecule has 2 unspecified atom stereocenters. The lowest BCUT2D eigenvalue weighted by Gasteiger charge is -2.39. The zero-order chi connectivity index (χ0) is 24.1. The van der Waals surface area contributed by atoms with Crippen LogP contribution in [-0.2, 0) is 9.59 Å². The summed E-state index contributed by atoms with van der Waals surface area (Å²) in [5.41, 5.74) is 1.30. The number of rotatable bonds is 6. The van der Waals surface area contributed by atoms with E-state index in [4.69, 9.17) is 4.74 Å². The number of fused-ring (bicyclic) bond motifs is 2. The molecule has 0 N–H and O–H groups in total. The lowest BCUT2D eigenvalue weighted by Crippen LogP contribution is -2.43. The molecule has 4 atom stereocenters. The lowest BCUT2D eigenvalue weighted by molar-refractivity contribution is -0.384. The number of nitro groups is 1. The summed E-state index contributed by atoms with van der Waals surface area (Å²) in [5.74, 6) is -0.397. The van der Waals surface area contributed by atoms with Crippen molar-refractivity contribution in [3.8, 4) is 5.75 Å². The molecule has 34 heavy (non-hydrogen) atoms. The standard InChI is InChI=1S/C28H23NO5/c1-27-22(17-30)25(34-21-15-13-20(14-16-21)29(32)33)28(2,26(27)31)24(19-11-7-4-8-12-19)23(27)18-9-5-3-6-10-18/h3-17,22,25H,1-2H3/t22-,25+,27?,28?/m1/s1. The smallest absolute Gasteiger partial charge is 0.269 e. The Morgan fingerprint density at radius 3 is 1.79 bits per heavy atom. The van der Waals surface area contributed by atoms with E-state index >= 15 is 0 Å². The number of carbonyl (C=O) groups is 2. The van der Waals surface area contributed by atoms with Crippen LogP contribution in [0.3, 0.4) is 0 Å². The van der Waals surface area contributed by atoms with Gasteiger partial charge in [-0.3, -0.25) is 14.9 Å². The fraction of sp³-hybridized carbons (Fsp3) is 0.214. The number of nitrogens with zero attached hydrogens (tertiary/aromatic N) is 1. The number of hydrogen-bond acceptors (Lipinski definition) is 5. The Hall–Kier alpha value is -4.06. The number of aldehydes is 1. The molecule has 0 heterocycles. The highest BCUT2D eigenvalue weighted by molar-refractivity contribution is 6.24. The number of nitro benzene ring substituents is 1. The third-order valence-electron chi connectivity index (χ3n) is 7.38. The van der Waals surface area contributed by atoms with Gasteiger partial charge in [0.05, 0.1) is 21.7 Å². The predicted molar refractivity (Wildman–Crippen MR) is 128 cm³/mol. The molecule has 6 heteroatoms. The molecule has 170 valence electrons. The molecule has 2 aliphatic carbocycles. The molecule has 0 aromatic heterocycles. The van der Waals surface area contributed by atoms with Crippen molar-refractivity contribution in [2.75, 3.05) is 0 Å². The van der Waals surface area contributed by atoms with Crippen LogP contribution in [-0.4, -0.2) is 23.1 Å². The van der Waals surface area contributed by atoms with Crippen LogP contribution in [0.4, 0.5) is 5.69 Å². The molecular weight excluding hydrogens is 430 g/mol. The Balaban J connectivity index is 1.71. The van der Waals surface area contributed by atoms with Gasteiger partial charge in [0.2, 0.25) is 0 Å². The van der Waals surface area contributed by atoms with Crippen molar-refractivity contribution in [2.24, 2.45) is 16.7 Å². The highest BCUT2D eigenvalue weighted by Gasteiger charge is 2.73. The average Bonchev–Trinajstić information content (AvgIpc) is 3.14. The van der Waals surface area contributed by atoms with Gasteiger partial charge in [-0.1, -0.05) is 60.7 Å². The van der Waals surface area contributed by atoms with Crippen molar-refractivity contribution < 1.29 is 19.2 Å². The SMILES string of the molecule is CC12C(=O)C(C)(C(c3ccccc3)=C1c1ccccc1)[C@@H](Oc1ccc([N+](=O)[O-])cc1)[C@H]2C=O. The van der Waals surface area contributed by atoms with Crippen LogP contribution in [0.15, 0.2) is 84.9 Å². The Morgan fingerprint density at radius 1 is 0.824 bits per heavy atom. The van der Waals surface area contributed by atoms with Crippen molar-refractivity contribution in [1.82, 2.24) is 0 Å². The van der Waals surface area contributed by atoms with E-state index in [0.29, 0.717) is 5.75 Å². The number of benzene rings is 3. The minimum Gasteiger partial charge on any atom is -0.488 e. The van der Waals surface area contributed by atoms with Crippen LogP contribution in [0.2, 0.25) is 0 Å². The van der Waals surface area contributed by atoms with E-state index in [0.717, 1.165) is 28.6 Å². The lowest BCUT2D eigenvalue weighted by atomic mass is 9.66. The molecule has 1 fully saturated rings. The van der Waals surface area contributed by atoms with E-state index in [1.54, 1.807) is 0 Å². The van der Waals surface area contributed by atoms with Crippen LogP contribution in [0.5, 0.6) is 5.75 Å². The minimum atomic E-state index is -1.09. The maximum atomic E-state index is 14.1. The first-order chi connectivity index (χ1) is 16.3. The van der Waals surface area contributed by atoms with Gasteiger partial charge in [-0.15, -0.1) is 0 Å². The maximum absolute atomic E-state index is 14.1. The van der Waals surface area contributed by atoms with Gasteiger partial charge in [0.25, 0.3) is 5.69 Å². The van der Waals surface area contributed by atoms with Crippen LogP contribution >= 0.6 is 0 Å². The fourth-order valence-electron chi connectivity index (χ4n) is 5.83. The molecule has 5 rings (SSSR count). The highest BCUT2D eigenvalue weighted by Crippen LogP contribution is 2.69. The zero-order valence-electron chi connectivity index (χ0n) is 18.8. The van der Waals surface area contributed by atoms with Gasteiger partial charge >= 0.3 is 0 Å². The normalized spacial score (nSPS) is 27.6. The number of allylic oxidation sites excluding steroid dienone is 1. The van der Waals surface area contributed by atoms with Gasteiger partial charge in [-0.05, 0) is 48.3 Å². The van der Waals surface area contributed by atoms with Gasteiger partial charge in [0, 0.05) is 12.1 Å². The Bertz CT molecular complexity index is 1320. The van der Waals surface area contributed by atoms with Crippen LogP contribution < -0.4 is 4.74 Å². The first-order valence-electron chi connectivity index (χ1n) is 11.1. The molecule has 0 saturated heterocycles. The van der Waals surface area contributed by atoms with Crippen molar-refractivity contribution >= 4 is 28.9 Å². The molecule has 3 aromatic rings. The molecule has 6 nitrogen and oxygen atoms in total. The minimum absolute atomic E-state index is 0.0540. The highest BCUT2D eigenvalue weighted by atomic mass is 16.6. The second-order valence-electron chi connectivity index (χ2n) is 9.17. The first-order valence-corrected chi connectivity index (χ1v) is 11.1. The molecule has 0 radical (unpaired) electrons. The molecule has 2 aliphatic rings. The molecule has 0 spiro atoms. The predicted octanol–water partition coefficient (Wildman–Crippen LogP) is 5.38. The number of ketones is 1. The molecule has 2 bridgehead atoms. The van der Waals surface area contributed by atoms with Gasteiger partial charge in [0.1, 0.15) is 18.1 Å². The number of carbonyl (C=O) groups excluding carboxylic acids is 2. The summed E-state index contributed by atoms with van der Waals surface area (Å²) >= 11 is 0. The molecular formula is C28H23NO5. The molecule has 0 amide bonds.